The van der Waals surface area contributed by atoms with Crippen LogP contribution >= 0.6 is 11.6 Å². The number of hydrogen-bond acceptors (Lipinski definition) is 4. The maximum atomic E-state index is 6.10. The summed E-state index contributed by atoms with van der Waals surface area (Å²) in [5.74, 6) is 1.14. The van der Waals surface area contributed by atoms with Gasteiger partial charge in [0.25, 0.3) is 0 Å². The van der Waals surface area contributed by atoms with E-state index in [0.29, 0.717) is 17.4 Å². The number of rotatable bonds is 1. The largest absolute Gasteiger partial charge is 0.378 e. The Morgan fingerprint density at radius 2 is 2.31 bits per heavy atom. The van der Waals surface area contributed by atoms with E-state index in [-0.39, 0.29) is 12.0 Å². The fraction of sp³-hybridized carbons (Fsp3) is 0.500. The predicted molar refractivity (Wildman–Crippen MR) is 58.6 cm³/mol. The first-order valence-corrected chi connectivity index (χ1v) is 5.59. The molecule has 0 aliphatic carbocycles. The number of ether oxygens (including phenoxy) is 1. The topological polar surface area (TPSA) is 52.3 Å². The van der Waals surface area contributed by atoms with Crippen LogP contribution in [0.5, 0.6) is 0 Å². The molecule has 6 heteroatoms. The van der Waals surface area contributed by atoms with Crippen molar-refractivity contribution in [3.8, 4) is 0 Å². The van der Waals surface area contributed by atoms with E-state index in [1.165, 1.54) is 0 Å². The summed E-state index contributed by atoms with van der Waals surface area (Å²) in [5.41, 5.74) is 0.682. The number of nitrogens with zero attached hydrogens (tertiary/aromatic N) is 4. The van der Waals surface area contributed by atoms with Gasteiger partial charge < -0.3 is 4.74 Å². The van der Waals surface area contributed by atoms with Crippen LogP contribution in [-0.2, 0) is 4.74 Å². The Bertz CT molecular complexity index is 527. The van der Waals surface area contributed by atoms with E-state index in [1.807, 2.05) is 4.40 Å². The first-order chi connectivity index (χ1) is 7.75. The van der Waals surface area contributed by atoms with Crippen LogP contribution in [-0.4, -0.2) is 32.3 Å². The van der Waals surface area contributed by atoms with Crippen LogP contribution in [0.15, 0.2) is 12.4 Å². The number of halogens is 1. The zero-order valence-electron chi connectivity index (χ0n) is 8.80. The molecule has 16 heavy (non-hydrogen) atoms. The summed E-state index contributed by atoms with van der Waals surface area (Å²) < 4.78 is 7.37. The van der Waals surface area contributed by atoms with Gasteiger partial charge in [-0.25, -0.2) is 0 Å². The van der Waals surface area contributed by atoms with Crippen LogP contribution in [0.25, 0.3) is 5.65 Å². The quantitative estimate of drug-likeness (QED) is 0.758. The van der Waals surface area contributed by atoms with Gasteiger partial charge in [-0.2, -0.15) is 0 Å². The van der Waals surface area contributed by atoms with Crippen molar-refractivity contribution in [1.82, 2.24) is 19.6 Å². The molecular formula is C10H11ClN4O. The van der Waals surface area contributed by atoms with Crippen LogP contribution in [0.1, 0.15) is 25.1 Å². The lowest BCUT2D eigenvalue weighted by Gasteiger charge is -2.06. The third-order valence-electron chi connectivity index (χ3n) is 2.86. The van der Waals surface area contributed by atoms with Crippen molar-refractivity contribution < 1.29 is 4.74 Å². The second kappa shape index (κ2) is 3.68. The zero-order chi connectivity index (χ0) is 11.1. The molecule has 0 N–H and O–H groups in total. The fourth-order valence-corrected chi connectivity index (χ4v) is 2.33. The van der Waals surface area contributed by atoms with Crippen LogP contribution in [0.2, 0.25) is 5.15 Å². The van der Waals surface area contributed by atoms with Crippen molar-refractivity contribution in [3.63, 3.8) is 0 Å². The average molecular weight is 239 g/mol. The molecule has 0 amide bonds. The fourth-order valence-electron chi connectivity index (χ4n) is 2.10. The maximum Gasteiger partial charge on any atom is 0.180 e. The molecule has 0 spiro atoms. The molecule has 2 aromatic heterocycles. The van der Waals surface area contributed by atoms with Crippen molar-refractivity contribution in [1.29, 1.82) is 0 Å². The summed E-state index contributed by atoms with van der Waals surface area (Å²) in [6.07, 6.45) is 4.49. The highest BCUT2D eigenvalue weighted by molar-refractivity contribution is 6.29. The minimum atomic E-state index is 0.268. The summed E-state index contributed by atoms with van der Waals surface area (Å²) in [7, 11) is 0. The van der Waals surface area contributed by atoms with E-state index in [4.69, 9.17) is 16.3 Å². The molecule has 84 valence electrons. The molecule has 0 aromatic carbocycles. The van der Waals surface area contributed by atoms with Gasteiger partial charge in [-0.15, -0.1) is 10.2 Å². The molecule has 2 atom stereocenters. The zero-order valence-corrected chi connectivity index (χ0v) is 9.55. The Labute approximate surface area is 97.4 Å². The second-order valence-corrected chi connectivity index (χ2v) is 4.45. The van der Waals surface area contributed by atoms with Crippen molar-refractivity contribution in [2.45, 2.75) is 25.4 Å². The van der Waals surface area contributed by atoms with Crippen molar-refractivity contribution >= 4 is 17.2 Å². The number of aromatic nitrogens is 4. The lowest BCUT2D eigenvalue weighted by atomic mass is 10.1. The smallest absolute Gasteiger partial charge is 0.180 e. The molecule has 1 fully saturated rings. The van der Waals surface area contributed by atoms with E-state index in [2.05, 4.69) is 22.1 Å². The van der Waals surface area contributed by atoms with E-state index < -0.39 is 0 Å². The molecule has 3 heterocycles. The van der Waals surface area contributed by atoms with Gasteiger partial charge in [0.2, 0.25) is 0 Å². The number of hydrogen-bond donors (Lipinski definition) is 0. The standard InChI is InChI=1S/C10H11ClN4O/c1-6-2-7(5-16-6)10-14-13-9-4-12-3-8(11)15(9)10/h3-4,6-7H,2,5H2,1H3. The van der Waals surface area contributed by atoms with Gasteiger partial charge >= 0.3 is 0 Å². The Morgan fingerprint density at radius 1 is 1.44 bits per heavy atom. The highest BCUT2D eigenvalue weighted by Crippen LogP contribution is 2.29. The predicted octanol–water partition coefficient (Wildman–Crippen LogP) is 1.67. The maximum absolute atomic E-state index is 6.10. The van der Waals surface area contributed by atoms with Gasteiger partial charge in [0, 0.05) is 5.92 Å². The molecule has 0 radical (unpaired) electrons. The van der Waals surface area contributed by atoms with Crippen LogP contribution in [0, 0.1) is 0 Å². The minimum Gasteiger partial charge on any atom is -0.378 e. The molecular weight excluding hydrogens is 228 g/mol. The summed E-state index contributed by atoms with van der Waals surface area (Å²) in [4.78, 5) is 3.98. The van der Waals surface area contributed by atoms with E-state index in [1.54, 1.807) is 12.4 Å². The molecule has 2 unspecified atom stereocenters. The third-order valence-corrected chi connectivity index (χ3v) is 3.13. The third kappa shape index (κ3) is 1.47. The average Bonchev–Trinajstić information content (AvgIpc) is 2.84. The normalized spacial score (nSPS) is 25.4. The lowest BCUT2D eigenvalue weighted by Crippen LogP contribution is -2.05. The second-order valence-electron chi connectivity index (χ2n) is 4.06. The molecule has 1 saturated heterocycles. The summed E-state index contributed by atoms with van der Waals surface area (Å²) in [5, 5.41) is 8.78. The van der Waals surface area contributed by atoms with Crippen molar-refractivity contribution in [3.05, 3.63) is 23.4 Å². The lowest BCUT2D eigenvalue weighted by molar-refractivity contribution is 0.123. The van der Waals surface area contributed by atoms with Crippen LogP contribution in [0.3, 0.4) is 0 Å². The van der Waals surface area contributed by atoms with E-state index in [9.17, 15) is 0 Å². The van der Waals surface area contributed by atoms with Gasteiger partial charge in [0.1, 0.15) is 11.0 Å². The first kappa shape index (κ1) is 9.99. The SMILES string of the molecule is CC1CC(c2nnc3cncc(Cl)n23)CO1. The summed E-state index contributed by atoms with van der Waals surface area (Å²) >= 11 is 6.10. The monoisotopic (exact) mass is 238 g/mol. The summed E-state index contributed by atoms with van der Waals surface area (Å²) in [6.45, 7) is 2.74. The van der Waals surface area contributed by atoms with Gasteiger partial charge in [0.05, 0.1) is 25.1 Å². The molecule has 3 rings (SSSR count). The van der Waals surface area contributed by atoms with Crippen molar-refractivity contribution in [2.75, 3.05) is 6.61 Å². The Balaban J connectivity index is 2.10. The Hall–Kier alpha value is -1.20. The Morgan fingerprint density at radius 3 is 3.06 bits per heavy atom. The molecule has 5 nitrogen and oxygen atoms in total. The highest BCUT2D eigenvalue weighted by atomic mass is 35.5. The van der Waals surface area contributed by atoms with Gasteiger partial charge in [-0.1, -0.05) is 11.6 Å². The van der Waals surface area contributed by atoms with Crippen molar-refractivity contribution in [2.24, 2.45) is 0 Å². The van der Waals surface area contributed by atoms with Crippen LogP contribution < -0.4 is 0 Å². The molecule has 0 bridgehead atoms. The molecule has 1 aliphatic rings. The molecule has 0 saturated carbocycles. The van der Waals surface area contributed by atoms with E-state index in [0.717, 1.165) is 12.2 Å². The highest BCUT2D eigenvalue weighted by Gasteiger charge is 2.28. The minimum absolute atomic E-state index is 0.268. The van der Waals surface area contributed by atoms with Gasteiger partial charge in [-0.05, 0) is 13.3 Å². The van der Waals surface area contributed by atoms with Gasteiger partial charge in [-0.3, -0.25) is 9.38 Å². The molecule has 1 aliphatic heterocycles. The van der Waals surface area contributed by atoms with Gasteiger partial charge in [0.15, 0.2) is 5.65 Å². The molecule has 2 aromatic rings. The van der Waals surface area contributed by atoms with E-state index >= 15 is 0 Å². The van der Waals surface area contributed by atoms with Crippen LogP contribution in [0.4, 0.5) is 0 Å². The Kier molecular flexibility index (Phi) is 2.29. The number of fused-ring (bicyclic) bond motifs is 1. The summed E-state index contributed by atoms with van der Waals surface area (Å²) in [6, 6.07) is 0. The first-order valence-electron chi connectivity index (χ1n) is 5.22.